The summed E-state index contributed by atoms with van der Waals surface area (Å²) >= 11 is 1.11. The van der Waals surface area contributed by atoms with Gasteiger partial charge in [-0.25, -0.2) is 18.0 Å². The van der Waals surface area contributed by atoms with Gasteiger partial charge in [-0.2, -0.15) is 4.31 Å². The summed E-state index contributed by atoms with van der Waals surface area (Å²) in [5.41, 5.74) is 1.70. The minimum Gasteiger partial charge on any atom is -0.453 e. The number of amides is 4. The van der Waals surface area contributed by atoms with E-state index in [-0.39, 0.29) is 53.8 Å². The zero-order valence-corrected chi connectivity index (χ0v) is 25.5. The Morgan fingerprint density at radius 1 is 1.00 bits per heavy atom. The number of sulfonamides is 1. The van der Waals surface area contributed by atoms with Crippen molar-refractivity contribution >= 4 is 50.4 Å². The second kappa shape index (κ2) is 13.8. The van der Waals surface area contributed by atoms with Crippen molar-refractivity contribution in [2.45, 2.75) is 38.3 Å². The Kier molecular flexibility index (Phi) is 10.2. The number of nitrogens with one attached hydrogen (secondary N) is 2. The van der Waals surface area contributed by atoms with E-state index in [2.05, 4.69) is 15.4 Å². The van der Waals surface area contributed by atoms with Crippen LogP contribution in [-0.2, 0) is 39.0 Å². The summed E-state index contributed by atoms with van der Waals surface area (Å²) in [5, 5.41) is 5.03. The number of anilines is 1. The lowest BCUT2D eigenvalue weighted by Gasteiger charge is -2.26. The predicted octanol–water partition coefficient (Wildman–Crippen LogP) is 4.22. The Balaban J connectivity index is 1.57. The molecule has 2 heterocycles. The lowest BCUT2D eigenvalue weighted by Crippen LogP contribution is -2.37. The summed E-state index contributed by atoms with van der Waals surface area (Å²) in [7, 11) is -2.71. The molecule has 1 aliphatic rings. The van der Waals surface area contributed by atoms with Gasteiger partial charge in [0.2, 0.25) is 10.0 Å². The van der Waals surface area contributed by atoms with Crippen molar-refractivity contribution in [1.29, 1.82) is 0 Å². The Labute approximate surface area is 253 Å². The van der Waals surface area contributed by atoms with Crippen molar-refractivity contribution in [1.82, 2.24) is 14.5 Å². The Hall–Kier alpha value is -4.27. The number of ether oxygens (including phenoxy) is 2. The molecule has 228 valence electrons. The van der Waals surface area contributed by atoms with Crippen LogP contribution in [-0.4, -0.2) is 68.4 Å². The first kappa shape index (κ1) is 31.7. The van der Waals surface area contributed by atoms with Gasteiger partial charge in [-0.3, -0.25) is 14.9 Å². The third-order valence-electron chi connectivity index (χ3n) is 6.75. The fourth-order valence-corrected chi connectivity index (χ4v) is 7.26. The van der Waals surface area contributed by atoms with Crippen LogP contribution in [0, 0.1) is 0 Å². The van der Waals surface area contributed by atoms with Gasteiger partial charge in [-0.05, 0) is 48.7 Å². The molecule has 1 aromatic heterocycles. The van der Waals surface area contributed by atoms with Gasteiger partial charge in [0.25, 0.3) is 11.8 Å². The summed E-state index contributed by atoms with van der Waals surface area (Å²) in [6, 6.07) is 14.7. The van der Waals surface area contributed by atoms with Crippen molar-refractivity contribution in [3.05, 3.63) is 81.7 Å². The molecule has 2 aromatic carbocycles. The van der Waals surface area contributed by atoms with Gasteiger partial charge in [-0.1, -0.05) is 37.3 Å². The molecule has 14 heteroatoms. The van der Waals surface area contributed by atoms with Crippen molar-refractivity contribution < 1.29 is 37.1 Å². The van der Waals surface area contributed by atoms with E-state index in [0.29, 0.717) is 16.9 Å². The molecule has 0 saturated carbocycles. The SMILES string of the molecule is CCOC(=O)N1CCc2c(sc(NC(=O)c3ccc(S(=O)(=O)N(CC)Cc4ccccc4)cc3)c2C(=O)NC(=O)OC)C1. The maximum absolute atomic E-state index is 13.3. The maximum atomic E-state index is 13.3. The van der Waals surface area contributed by atoms with Gasteiger partial charge in [0, 0.05) is 30.1 Å². The molecule has 0 bridgehead atoms. The molecule has 0 aliphatic carbocycles. The summed E-state index contributed by atoms with van der Waals surface area (Å²) in [6.07, 6.45) is -1.15. The molecule has 2 N–H and O–H groups in total. The molecular formula is C29H32N4O8S2. The van der Waals surface area contributed by atoms with Gasteiger partial charge in [0.15, 0.2) is 0 Å². The van der Waals surface area contributed by atoms with Crippen LogP contribution < -0.4 is 10.6 Å². The van der Waals surface area contributed by atoms with E-state index < -0.39 is 34.0 Å². The molecule has 0 spiro atoms. The van der Waals surface area contributed by atoms with Crippen LogP contribution in [0.4, 0.5) is 14.6 Å². The van der Waals surface area contributed by atoms with Gasteiger partial charge < -0.3 is 19.7 Å². The third kappa shape index (κ3) is 7.21. The van der Waals surface area contributed by atoms with E-state index in [1.807, 2.05) is 30.3 Å². The van der Waals surface area contributed by atoms with Crippen molar-refractivity contribution in [2.75, 3.05) is 32.1 Å². The fraction of sp³-hybridized carbons (Fsp3) is 0.310. The Bertz CT molecular complexity index is 1610. The molecule has 0 radical (unpaired) electrons. The number of benzene rings is 2. The van der Waals surface area contributed by atoms with Crippen LogP contribution in [0.3, 0.4) is 0 Å². The molecular weight excluding hydrogens is 596 g/mol. The summed E-state index contributed by atoms with van der Waals surface area (Å²) < 4.78 is 37.6. The van der Waals surface area contributed by atoms with E-state index in [9.17, 15) is 27.6 Å². The average Bonchev–Trinajstić information content (AvgIpc) is 3.37. The summed E-state index contributed by atoms with van der Waals surface area (Å²) in [6.45, 7) is 4.57. The molecule has 0 unspecified atom stereocenters. The largest absolute Gasteiger partial charge is 0.453 e. The maximum Gasteiger partial charge on any atom is 0.413 e. The lowest BCUT2D eigenvalue weighted by molar-refractivity contribution is 0.0936. The highest BCUT2D eigenvalue weighted by atomic mass is 32.2. The number of thiophene rings is 1. The van der Waals surface area contributed by atoms with Gasteiger partial charge >= 0.3 is 12.2 Å². The second-order valence-electron chi connectivity index (χ2n) is 9.42. The number of fused-ring (bicyclic) bond motifs is 1. The van der Waals surface area contributed by atoms with Crippen molar-refractivity contribution in [3.63, 3.8) is 0 Å². The van der Waals surface area contributed by atoms with Crippen LogP contribution in [0.25, 0.3) is 0 Å². The van der Waals surface area contributed by atoms with E-state index in [1.165, 1.54) is 33.5 Å². The molecule has 0 fully saturated rings. The lowest BCUT2D eigenvalue weighted by atomic mass is 10.0. The fourth-order valence-electron chi connectivity index (χ4n) is 4.57. The first-order chi connectivity index (χ1) is 20.6. The average molecular weight is 629 g/mol. The number of hydrogen-bond acceptors (Lipinski definition) is 9. The molecule has 3 aromatic rings. The van der Waals surface area contributed by atoms with Crippen LogP contribution in [0.15, 0.2) is 59.5 Å². The Morgan fingerprint density at radius 2 is 1.70 bits per heavy atom. The molecule has 4 amide bonds. The number of hydrogen-bond donors (Lipinski definition) is 2. The normalized spacial score (nSPS) is 12.8. The zero-order chi connectivity index (χ0) is 31.1. The smallest absolute Gasteiger partial charge is 0.413 e. The number of methoxy groups -OCH3 is 1. The highest BCUT2D eigenvalue weighted by molar-refractivity contribution is 7.89. The standard InChI is InChI=1S/C29H32N4O8S2/c1-4-33(17-19-9-7-6-8-10-19)43(38,39)21-13-11-20(12-14-21)25(34)30-27-24(26(35)31-28(36)40-3)22-15-16-32(18-23(22)42-27)29(37)41-5-2/h6-14H,4-5,15-18H2,1-3H3,(H,30,34)(H,31,35,36). The molecule has 43 heavy (non-hydrogen) atoms. The van der Waals surface area contributed by atoms with Gasteiger partial charge in [0.1, 0.15) is 5.00 Å². The molecule has 1 aliphatic heterocycles. The van der Waals surface area contributed by atoms with Crippen molar-refractivity contribution in [3.8, 4) is 0 Å². The van der Waals surface area contributed by atoms with Crippen LogP contribution in [0.5, 0.6) is 0 Å². The Morgan fingerprint density at radius 3 is 2.33 bits per heavy atom. The summed E-state index contributed by atoms with van der Waals surface area (Å²) in [5.74, 6) is -1.35. The topological polar surface area (TPSA) is 151 Å². The molecule has 4 rings (SSSR count). The second-order valence-corrected chi connectivity index (χ2v) is 12.5. The van der Waals surface area contributed by atoms with Crippen LogP contribution in [0.2, 0.25) is 0 Å². The van der Waals surface area contributed by atoms with Crippen molar-refractivity contribution in [2.24, 2.45) is 0 Å². The zero-order valence-electron chi connectivity index (χ0n) is 23.9. The predicted molar refractivity (Wildman–Crippen MR) is 159 cm³/mol. The summed E-state index contributed by atoms with van der Waals surface area (Å²) in [4.78, 5) is 52.6. The van der Waals surface area contributed by atoms with E-state index in [0.717, 1.165) is 24.0 Å². The minimum absolute atomic E-state index is 0.0330. The van der Waals surface area contributed by atoms with Gasteiger partial charge in [-0.15, -0.1) is 11.3 Å². The number of carbonyl (C=O) groups is 4. The molecule has 0 atom stereocenters. The molecule has 12 nitrogen and oxygen atoms in total. The first-order valence-corrected chi connectivity index (χ1v) is 15.8. The van der Waals surface area contributed by atoms with Crippen LogP contribution in [0.1, 0.15) is 50.6 Å². The number of imide groups is 1. The number of carbonyl (C=O) groups excluding carboxylic acids is 4. The first-order valence-electron chi connectivity index (χ1n) is 13.5. The number of alkyl carbamates (subject to hydrolysis) is 1. The quantitative estimate of drug-likeness (QED) is 0.358. The molecule has 0 saturated heterocycles. The van der Waals surface area contributed by atoms with E-state index in [4.69, 9.17) is 4.74 Å². The van der Waals surface area contributed by atoms with E-state index in [1.54, 1.807) is 13.8 Å². The highest BCUT2D eigenvalue weighted by Gasteiger charge is 2.32. The number of nitrogens with zero attached hydrogens (tertiary/aromatic N) is 2. The highest BCUT2D eigenvalue weighted by Crippen LogP contribution is 2.37. The van der Waals surface area contributed by atoms with Gasteiger partial charge in [0.05, 0.1) is 30.7 Å². The number of rotatable bonds is 9. The monoisotopic (exact) mass is 628 g/mol. The van der Waals surface area contributed by atoms with E-state index >= 15 is 0 Å². The van der Waals surface area contributed by atoms with Crippen LogP contribution >= 0.6 is 11.3 Å². The minimum atomic E-state index is -3.84. The third-order valence-corrected chi connectivity index (χ3v) is 9.81.